The summed E-state index contributed by atoms with van der Waals surface area (Å²) in [5, 5.41) is 6.67. The van der Waals surface area contributed by atoms with Gasteiger partial charge in [0.15, 0.2) is 5.78 Å². The van der Waals surface area contributed by atoms with Crippen LogP contribution in [0.3, 0.4) is 0 Å². The first-order valence-corrected chi connectivity index (χ1v) is 13.9. The molecule has 3 aromatic rings. The van der Waals surface area contributed by atoms with Gasteiger partial charge in [-0.25, -0.2) is 14.8 Å². The molecule has 2 aliphatic rings. The van der Waals surface area contributed by atoms with Crippen LogP contribution in [0.25, 0.3) is 0 Å². The van der Waals surface area contributed by atoms with Crippen LogP contribution in [0.4, 0.5) is 4.79 Å². The number of likely N-dealkylation sites (N-methyl/N-ethyl adjacent to an activating group) is 1. The third-order valence-electron chi connectivity index (χ3n) is 7.49. The van der Waals surface area contributed by atoms with E-state index in [1.54, 1.807) is 58.3 Å². The summed E-state index contributed by atoms with van der Waals surface area (Å²) in [7, 11) is 1.70. The average molecular weight is 574 g/mol. The topological polar surface area (TPSA) is 93.3 Å². The van der Waals surface area contributed by atoms with Crippen molar-refractivity contribution in [1.82, 2.24) is 25.1 Å². The zero-order chi connectivity index (χ0) is 29.1. The van der Waals surface area contributed by atoms with E-state index in [9.17, 15) is 19.2 Å². The molecule has 0 saturated carbocycles. The Balaban J connectivity index is 1.46. The highest BCUT2D eigenvalue weighted by Gasteiger charge is 2.50. The Labute approximate surface area is 244 Å². The number of hydrazine groups is 1. The number of nitrogens with one attached hydrogen (secondary N) is 1. The molecule has 0 aliphatic carbocycles. The van der Waals surface area contributed by atoms with Crippen LogP contribution in [0.5, 0.6) is 0 Å². The number of piperazine rings is 1. The molecule has 9 nitrogen and oxygen atoms in total. The first kappa shape index (κ1) is 28.3. The van der Waals surface area contributed by atoms with Crippen molar-refractivity contribution in [3.05, 3.63) is 106 Å². The fraction of sp³-hybridized carbons (Fsp3) is 0.290. The van der Waals surface area contributed by atoms with Gasteiger partial charge >= 0.3 is 6.03 Å². The molecule has 2 heterocycles. The van der Waals surface area contributed by atoms with Crippen LogP contribution in [0.1, 0.15) is 34.0 Å². The minimum absolute atomic E-state index is 0.0450. The first-order chi connectivity index (χ1) is 19.7. The lowest BCUT2D eigenvalue weighted by molar-refractivity contribution is -0.187. The molecule has 1 N–H and O–H groups in total. The van der Waals surface area contributed by atoms with Gasteiger partial charge in [0, 0.05) is 37.1 Å². The summed E-state index contributed by atoms with van der Waals surface area (Å²) in [4.78, 5) is 56.1. The number of carbonyl (C=O) groups excluding carboxylic acids is 4. The molecule has 1 unspecified atom stereocenters. The van der Waals surface area contributed by atoms with Crippen LogP contribution in [-0.4, -0.2) is 75.8 Å². The standard InChI is InChI=1S/C31H32ClN5O4/c1-21(38)25-13-11-22(12-14-25)16-27-30(40)35(18-24-9-6-10-26(32)15-24)19-28-36(27)29(39)20-34(2)37(28)31(41)33-17-23-7-4-3-5-8-23/h3-15,27-28H,16-20H2,1-2H3,(H,33,41)/t27-,28?/m0/s1. The van der Waals surface area contributed by atoms with Crippen molar-refractivity contribution in [3.63, 3.8) is 0 Å². The Kier molecular flexibility index (Phi) is 8.37. The molecule has 0 spiro atoms. The molecule has 41 heavy (non-hydrogen) atoms. The summed E-state index contributed by atoms with van der Waals surface area (Å²) in [6.07, 6.45) is -0.468. The maximum Gasteiger partial charge on any atom is 0.334 e. The predicted molar refractivity (Wildman–Crippen MR) is 155 cm³/mol. The molecule has 5 rings (SSSR count). The van der Waals surface area contributed by atoms with Gasteiger partial charge in [-0.05, 0) is 35.7 Å². The summed E-state index contributed by atoms with van der Waals surface area (Å²) >= 11 is 6.22. The highest BCUT2D eigenvalue weighted by atomic mass is 35.5. The number of halogens is 1. The number of amides is 4. The third kappa shape index (κ3) is 6.26. The Hall–Kier alpha value is -4.21. The monoisotopic (exact) mass is 573 g/mol. The van der Waals surface area contributed by atoms with Crippen molar-refractivity contribution < 1.29 is 19.2 Å². The van der Waals surface area contributed by atoms with E-state index in [0.717, 1.165) is 16.7 Å². The van der Waals surface area contributed by atoms with E-state index in [1.165, 1.54) is 11.9 Å². The normalized spacial score (nSPS) is 19.2. The lowest BCUT2D eigenvalue weighted by atomic mass is 9.97. The Morgan fingerprint density at radius 2 is 1.63 bits per heavy atom. The number of urea groups is 1. The molecule has 4 amide bonds. The summed E-state index contributed by atoms with van der Waals surface area (Å²) in [6.45, 7) is 2.19. The van der Waals surface area contributed by atoms with Crippen molar-refractivity contribution in [2.75, 3.05) is 20.1 Å². The Bertz CT molecular complexity index is 1450. The Morgan fingerprint density at radius 3 is 2.32 bits per heavy atom. The highest BCUT2D eigenvalue weighted by Crippen LogP contribution is 2.29. The van der Waals surface area contributed by atoms with Crippen LogP contribution < -0.4 is 5.32 Å². The average Bonchev–Trinajstić information content (AvgIpc) is 2.95. The lowest BCUT2D eigenvalue weighted by Crippen LogP contribution is -2.76. The fourth-order valence-electron chi connectivity index (χ4n) is 5.46. The molecular weight excluding hydrogens is 542 g/mol. The van der Waals surface area contributed by atoms with Gasteiger partial charge in [0.1, 0.15) is 12.2 Å². The number of Topliss-reactive ketones (excluding diaryl/α,β-unsaturated/α-hetero) is 1. The molecule has 10 heteroatoms. The molecule has 2 fully saturated rings. The van der Waals surface area contributed by atoms with Gasteiger partial charge in [-0.1, -0.05) is 78.3 Å². The van der Waals surface area contributed by atoms with Gasteiger partial charge in [-0.3, -0.25) is 14.4 Å². The fourth-order valence-corrected chi connectivity index (χ4v) is 5.67. The second-order valence-corrected chi connectivity index (χ2v) is 10.8. The molecule has 2 aliphatic heterocycles. The zero-order valence-electron chi connectivity index (χ0n) is 23.0. The second-order valence-electron chi connectivity index (χ2n) is 10.4. The van der Waals surface area contributed by atoms with Crippen molar-refractivity contribution in [2.24, 2.45) is 0 Å². The summed E-state index contributed by atoms with van der Waals surface area (Å²) in [5.41, 5.74) is 3.17. The van der Waals surface area contributed by atoms with E-state index in [2.05, 4.69) is 5.32 Å². The molecule has 0 aromatic heterocycles. The van der Waals surface area contributed by atoms with Crippen molar-refractivity contribution in [3.8, 4) is 0 Å². The maximum atomic E-state index is 14.0. The summed E-state index contributed by atoms with van der Waals surface area (Å²) in [5.74, 6) is -0.491. The minimum Gasteiger partial charge on any atom is -0.333 e. The largest absolute Gasteiger partial charge is 0.334 e. The van der Waals surface area contributed by atoms with Gasteiger partial charge < -0.3 is 15.1 Å². The number of benzene rings is 3. The number of ketones is 1. The van der Waals surface area contributed by atoms with Gasteiger partial charge in [-0.15, -0.1) is 0 Å². The quantitative estimate of drug-likeness (QED) is 0.435. The molecule has 2 atom stereocenters. The zero-order valence-corrected chi connectivity index (χ0v) is 23.8. The number of rotatable bonds is 7. The van der Waals surface area contributed by atoms with Crippen molar-refractivity contribution in [1.29, 1.82) is 0 Å². The number of carbonyl (C=O) groups is 4. The van der Waals surface area contributed by atoms with Crippen LogP contribution in [0, 0.1) is 0 Å². The predicted octanol–water partition coefficient (Wildman–Crippen LogP) is 3.72. The summed E-state index contributed by atoms with van der Waals surface area (Å²) < 4.78 is 0. The summed E-state index contributed by atoms with van der Waals surface area (Å²) in [6, 6.07) is 22.7. The van der Waals surface area contributed by atoms with Crippen LogP contribution >= 0.6 is 11.6 Å². The number of hydrogen-bond acceptors (Lipinski definition) is 5. The smallest absolute Gasteiger partial charge is 0.333 e. The molecule has 212 valence electrons. The lowest BCUT2D eigenvalue weighted by Gasteiger charge is -2.54. The van der Waals surface area contributed by atoms with Crippen molar-refractivity contribution >= 4 is 35.2 Å². The third-order valence-corrected chi connectivity index (χ3v) is 7.72. The van der Waals surface area contributed by atoms with E-state index in [4.69, 9.17) is 11.6 Å². The SMILES string of the molecule is CC(=O)c1ccc(C[C@H]2C(=O)N(Cc3cccc(Cl)c3)CC3N2C(=O)CN(C)N3C(=O)NCc2ccccc2)cc1. The molecule has 0 radical (unpaired) electrons. The maximum absolute atomic E-state index is 14.0. The Morgan fingerprint density at radius 1 is 0.927 bits per heavy atom. The number of hydrogen-bond donors (Lipinski definition) is 1. The van der Waals surface area contributed by atoms with Crippen LogP contribution in [0.2, 0.25) is 5.02 Å². The van der Waals surface area contributed by atoms with E-state index >= 15 is 0 Å². The first-order valence-electron chi connectivity index (χ1n) is 13.5. The van der Waals surface area contributed by atoms with Gasteiger partial charge in [0.05, 0.1) is 13.1 Å². The van der Waals surface area contributed by atoms with Crippen molar-refractivity contribution in [2.45, 2.75) is 38.6 Å². The number of nitrogens with zero attached hydrogens (tertiary/aromatic N) is 4. The molecule has 3 aromatic carbocycles. The van der Waals surface area contributed by atoms with E-state index in [0.29, 0.717) is 17.1 Å². The minimum atomic E-state index is -0.832. The van der Waals surface area contributed by atoms with Gasteiger partial charge in [0.25, 0.3) is 0 Å². The molecular formula is C31H32ClN5O4. The van der Waals surface area contributed by atoms with Gasteiger partial charge in [-0.2, -0.15) is 0 Å². The van der Waals surface area contributed by atoms with Crippen LogP contribution in [-0.2, 0) is 29.1 Å². The van der Waals surface area contributed by atoms with Crippen LogP contribution in [0.15, 0.2) is 78.9 Å². The van der Waals surface area contributed by atoms with E-state index in [1.807, 2.05) is 42.5 Å². The van der Waals surface area contributed by atoms with E-state index < -0.39 is 12.2 Å². The highest BCUT2D eigenvalue weighted by molar-refractivity contribution is 6.30. The van der Waals surface area contributed by atoms with E-state index in [-0.39, 0.29) is 49.7 Å². The number of fused-ring (bicyclic) bond motifs is 1. The van der Waals surface area contributed by atoms with Gasteiger partial charge in [0.2, 0.25) is 11.8 Å². The molecule has 2 saturated heterocycles. The second kappa shape index (κ2) is 12.1. The molecule has 0 bridgehead atoms.